The molecular weight excluding hydrogens is 354 g/mol. The number of rotatable bonds is 3. The third kappa shape index (κ3) is 2.88. The van der Waals surface area contributed by atoms with Crippen LogP contribution in [0.4, 0.5) is 5.69 Å². The van der Waals surface area contributed by atoms with E-state index in [1.807, 2.05) is 61.7 Å². The Kier molecular flexibility index (Phi) is 4.22. The number of carbonyl (C=O) groups excluding carboxylic acids is 1. The van der Waals surface area contributed by atoms with Crippen LogP contribution in [0.15, 0.2) is 41.0 Å². The molecule has 4 nitrogen and oxygen atoms in total. The van der Waals surface area contributed by atoms with Crippen molar-refractivity contribution < 1.29 is 4.79 Å². The lowest BCUT2D eigenvalue weighted by molar-refractivity contribution is 0.102. The van der Waals surface area contributed by atoms with Crippen molar-refractivity contribution in [1.82, 2.24) is 9.38 Å². The van der Waals surface area contributed by atoms with Crippen LogP contribution in [-0.2, 0) is 6.42 Å². The van der Waals surface area contributed by atoms with Gasteiger partial charge in [-0.25, -0.2) is 4.98 Å². The van der Waals surface area contributed by atoms with Crippen LogP contribution >= 0.6 is 15.9 Å². The van der Waals surface area contributed by atoms with Crippen LogP contribution in [0.3, 0.4) is 0 Å². The summed E-state index contributed by atoms with van der Waals surface area (Å²) in [6, 6.07) is 9.72. The molecule has 0 aliphatic heterocycles. The molecule has 0 aliphatic carbocycles. The number of benzene rings is 1. The van der Waals surface area contributed by atoms with Crippen LogP contribution in [0, 0.1) is 13.8 Å². The number of nitrogens with zero attached hydrogens (tertiary/aromatic N) is 2. The zero-order valence-corrected chi connectivity index (χ0v) is 14.9. The maximum atomic E-state index is 12.8. The molecule has 3 aromatic rings. The first-order chi connectivity index (χ1) is 11.0. The van der Waals surface area contributed by atoms with Gasteiger partial charge in [-0.05, 0) is 49.6 Å². The third-order valence-electron chi connectivity index (χ3n) is 3.90. The molecule has 2 aromatic heterocycles. The number of aromatic nitrogens is 2. The fraction of sp³-hybridized carbons (Fsp3) is 0.222. The highest BCUT2D eigenvalue weighted by Gasteiger charge is 2.19. The number of pyridine rings is 1. The molecular formula is C18H18BrN3O. The van der Waals surface area contributed by atoms with Crippen molar-refractivity contribution in [3.05, 3.63) is 63.5 Å². The second-order valence-corrected chi connectivity index (χ2v) is 6.42. The number of hydrogen-bond donors (Lipinski definition) is 1. The van der Waals surface area contributed by atoms with Crippen LogP contribution < -0.4 is 5.32 Å². The van der Waals surface area contributed by atoms with Crippen molar-refractivity contribution in [2.75, 3.05) is 5.32 Å². The van der Waals surface area contributed by atoms with Crippen LogP contribution in [0.2, 0.25) is 0 Å². The topological polar surface area (TPSA) is 46.4 Å². The molecule has 0 bridgehead atoms. The first-order valence-electron chi connectivity index (χ1n) is 7.55. The number of imidazole rings is 1. The van der Waals surface area contributed by atoms with E-state index in [4.69, 9.17) is 0 Å². The van der Waals surface area contributed by atoms with E-state index in [1.54, 1.807) is 0 Å². The Morgan fingerprint density at radius 1 is 1.26 bits per heavy atom. The average molecular weight is 372 g/mol. The van der Waals surface area contributed by atoms with Crippen molar-refractivity contribution >= 4 is 33.2 Å². The van der Waals surface area contributed by atoms with E-state index in [0.717, 1.165) is 32.6 Å². The molecule has 0 spiro atoms. The van der Waals surface area contributed by atoms with E-state index >= 15 is 0 Å². The average Bonchev–Trinajstić information content (AvgIpc) is 2.91. The van der Waals surface area contributed by atoms with E-state index in [1.165, 1.54) is 0 Å². The second kappa shape index (κ2) is 6.16. The van der Waals surface area contributed by atoms with Gasteiger partial charge in [0, 0.05) is 16.4 Å². The Labute approximate surface area is 143 Å². The third-order valence-corrected chi connectivity index (χ3v) is 4.75. The minimum absolute atomic E-state index is 0.143. The maximum Gasteiger partial charge on any atom is 0.274 e. The minimum atomic E-state index is -0.143. The summed E-state index contributed by atoms with van der Waals surface area (Å²) in [6.45, 7) is 6.02. The zero-order valence-electron chi connectivity index (χ0n) is 13.4. The number of amides is 1. The normalized spacial score (nSPS) is 11.0. The molecule has 0 fully saturated rings. The largest absolute Gasteiger partial charge is 0.321 e. The quantitative estimate of drug-likeness (QED) is 0.734. The highest BCUT2D eigenvalue weighted by atomic mass is 79.9. The van der Waals surface area contributed by atoms with Gasteiger partial charge >= 0.3 is 0 Å². The number of anilines is 1. The lowest BCUT2D eigenvalue weighted by atomic mass is 10.2. The summed E-state index contributed by atoms with van der Waals surface area (Å²) in [5, 5.41) is 2.97. The summed E-state index contributed by atoms with van der Waals surface area (Å²) in [7, 11) is 0. The molecule has 0 saturated carbocycles. The molecule has 3 rings (SSSR count). The molecule has 0 saturated heterocycles. The number of aryl methyl sites for hydroxylation is 3. The first kappa shape index (κ1) is 15.7. The highest BCUT2D eigenvalue weighted by Crippen LogP contribution is 2.22. The zero-order chi connectivity index (χ0) is 16.6. The second-order valence-electron chi connectivity index (χ2n) is 5.56. The summed E-state index contributed by atoms with van der Waals surface area (Å²) in [5.74, 6) is -0.143. The summed E-state index contributed by atoms with van der Waals surface area (Å²) in [5.41, 5.74) is 5.18. The van der Waals surface area contributed by atoms with Crippen LogP contribution in [0.25, 0.3) is 5.65 Å². The van der Waals surface area contributed by atoms with Gasteiger partial charge in [-0.15, -0.1) is 0 Å². The molecule has 118 valence electrons. The fourth-order valence-corrected chi connectivity index (χ4v) is 2.98. The Hall–Kier alpha value is -2.14. The van der Waals surface area contributed by atoms with Gasteiger partial charge < -0.3 is 5.32 Å². The van der Waals surface area contributed by atoms with E-state index in [-0.39, 0.29) is 5.91 Å². The van der Waals surface area contributed by atoms with Gasteiger partial charge in [-0.2, -0.15) is 0 Å². The molecule has 5 heteroatoms. The maximum absolute atomic E-state index is 12.8. The number of hydrogen-bond acceptors (Lipinski definition) is 2. The minimum Gasteiger partial charge on any atom is -0.321 e. The molecule has 1 N–H and O–H groups in total. The van der Waals surface area contributed by atoms with E-state index in [0.29, 0.717) is 12.1 Å². The predicted molar refractivity (Wildman–Crippen MR) is 96.1 cm³/mol. The molecule has 1 aromatic carbocycles. The first-order valence-corrected chi connectivity index (χ1v) is 8.34. The molecule has 0 radical (unpaired) electrons. The Bertz CT molecular complexity index is 899. The Balaban J connectivity index is 2.03. The van der Waals surface area contributed by atoms with Crippen LogP contribution in [0.5, 0.6) is 0 Å². The van der Waals surface area contributed by atoms with Crippen LogP contribution in [0.1, 0.15) is 34.2 Å². The van der Waals surface area contributed by atoms with E-state index < -0.39 is 0 Å². The molecule has 1 amide bonds. The van der Waals surface area contributed by atoms with Gasteiger partial charge in [-0.1, -0.05) is 35.0 Å². The van der Waals surface area contributed by atoms with Crippen molar-refractivity contribution in [1.29, 1.82) is 0 Å². The smallest absolute Gasteiger partial charge is 0.274 e. The van der Waals surface area contributed by atoms with Gasteiger partial charge in [0.05, 0.1) is 5.69 Å². The number of nitrogens with one attached hydrogen (secondary N) is 1. The van der Waals surface area contributed by atoms with Crippen molar-refractivity contribution in [2.45, 2.75) is 27.2 Å². The monoisotopic (exact) mass is 371 g/mol. The van der Waals surface area contributed by atoms with E-state index in [2.05, 4.69) is 26.2 Å². The number of fused-ring (bicyclic) bond motifs is 1. The summed E-state index contributed by atoms with van der Waals surface area (Å²) in [4.78, 5) is 17.4. The van der Waals surface area contributed by atoms with Gasteiger partial charge in [0.1, 0.15) is 11.3 Å². The SMILES string of the molecule is CCc1nc2c(C)cccn2c1C(=O)Nc1ccc(C)c(Br)c1. The van der Waals surface area contributed by atoms with Crippen molar-refractivity contribution in [3.8, 4) is 0 Å². The number of carbonyl (C=O) groups is 1. The Morgan fingerprint density at radius 3 is 2.74 bits per heavy atom. The van der Waals surface area contributed by atoms with Crippen LogP contribution in [-0.4, -0.2) is 15.3 Å². The molecule has 0 aliphatic rings. The van der Waals surface area contributed by atoms with Gasteiger partial charge in [0.2, 0.25) is 0 Å². The summed E-state index contributed by atoms with van der Waals surface area (Å²) < 4.78 is 2.84. The fourth-order valence-electron chi connectivity index (χ4n) is 2.60. The van der Waals surface area contributed by atoms with Crippen molar-refractivity contribution in [2.24, 2.45) is 0 Å². The standard InChI is InChI=1S/C18H18BrN3O/c1-4-15-16(22-9-5-6-12(3)17(22)21-15)18(23)20-13-8-7-11(2)14(19)10-13/h5-10H,4H2,1-3H3,(H,20,23). The lowest BCUT2D eigenvalue weighted by Gasteiger charge is -2.08. The van der Waals surface area contributed by atoms with Gasteiger partial charge in [-0.3, -0.25) is 9.20 Å². The van der Waals surface area contributed by atoms with Gasteiger partial charge in [0.25, 0.3) is 5.91 Å². The lowest BCUT2D eigenvalue weighted by Crippen LogP contribution is -2.16. The summed E-state index contributed by atoms with van der Waals surface area (Å²) >= 11 is 3.49. The summed E-state index contributed by atoms with van der Waals surface area (Å²) in [6.07, 6.45) is 2.59. The van der Waals surface area contributed by atoms with Crippen molar-refractivity contribution in [3.63, 3.8) is 0 Å². The molecule has 2 heterocycles. The highest BCUT2D eigenvalue weighted by molar-refractivity contribution is 9.10. The Morgan fingerprint density at radius 2 is 2.04 bits per heavy atom. The number of halogens is 1. The predicted octanol–water partition coefficient (Wildman–Crippen LogP) is 4.53. The molecule has 0 atom stereocenters. The molecule has 0 unspecified atom stereocenters. The van der Waals surface area contributed by atoms with Gasteiger partial charge in [0.15, 0.2) is 0 Å². The van der Waals surface area contributed by atoms with E-state index in [9.17, 15) is 4.79 Å². The molecule has 23 heavy (non-hydrogen) atoms.